The van der Waals surface area contributed by atoms with E-state index in [9.17, 15) is 13.2 Å². The molecule has 4 rings (SSSR count). The smallest absolute Gasteiger partial charge is 0.321 e. The summed E-state index contributed by atoms with van der Waals surface area (Å²) in [6.45, 7) is 4.27. The Labute approximate surface area is 187 Å². The number of nitrogens with one attached hydrogen (secondary N) is 1. The second-order valence-corrected chi connectivity index (χ2v) is 9.82. The van der Waals surface area contributed by atoms with E-state index in [0.717, 1.165) is 17.4 Å². The Morgan fingerprint density at radius 3 is 2.65 bits per heavy atom. The van der Waals surface area contributed by atoms with Gasteiger partial charge < -0.3 is 14.8 Å². The van der Waals surface area contributed by atoms with Crippen LogP contribution in [-0.2, 0) is 16.6 Å². The summed E-state index contributed by atoms with van der Waals surface area (Å²) in [6.07, 6.45) is 2.52. The van der Waals surface area contributed by atoms with Gasteiger partial charge in [-0.25, -0.2) is 13.2 Å². The Morgan fingerprint density at radius 2 is 1.87 bits per heavy atom. The maximum atomic E-state index is 13.3. The van der Waals surface area contributed by atoms with E-state index >= 15 is 0 Å². The van der Waals surface area contributed by atoms with Gasteiger partial charge >= 0.3 is 6.03 Å². The number of hydrogen-bond donors (Lipinski definition) is 1. The second kappa shape index (κ2) is 8.90. The molecule has 0 spiro atoms. The zero-order valence-electron chi connectivity index (χ0n) is 17.3. The molecule has 7 nitrogen and oxygen atoms in total. The molecule has 1 saturated heterocycles. The fourth-order valence-corrected chi connectivity index (χ4v) is 5.55. The van der Waals surface area contributed by atoms with E-state index < -0.39 is 10.0 Å². The number of amides is 2. The molecule has 164 valence electrons. The number of anilines is 1. The number of carbonyl (C=O) groups excluding carboxylic acids is 1. The molecule has 0 bridgehead atoms. The Kier molecular flexibility index (Phi) is 6.22. The largest absolute Gasteiger partial charge is 0.348 e. The molecule has 0 unspecified atom stereocenters. The highest BCUT2D eigenvalue weighted by atomic mass is 35.5. The Hall–Kier alpha value is -2.55. The van der Waals surface area contributed by atoms with Crippen LogP contribution < -0.4 is 5.32 Å². The molecule has 1 aromatic heterocycles. The van der Waals surface area contributed by atoms with Crippen LogP contribution >= 0.6 is 11.6 Å². The van der Waals surface area contributed by atoms with Crippen molar-refractivity contribution < 1.29 is 13.2 Å². The fraction of sp³-hybridized carbons (Fsp3) is 0.318. The topological polar surface area (TPSA) is 74.7 Å². The molecule has 2 amide bonds. The molecule has 9 heteroatoms. The molecule has 0 aliphatic carbocycles. The maximum absolute atomic E-state index is 13.3. The average Bonchev–Trinajstić information content (AvgIpc) is 3.00. The summed E-state index contributed by atoms with van der Waals surface area (Å²) in [7, 11) is -3.64. The highest BCUT2D eigenvalue weighted by molar-refractivity contribution is 7.89. The SMILES string of the molecule is CCn1ccc2cc(S(=O)(=O)N3CCCN(C(=O)Nc4ccccc4Cl)CC3)ccc21. The first-order chi connectivity index (χ1) is 14.9. The van der Waals surface area contributed by atoms with Gasteiger partial charge in [0.1, 0.15) is 0 Å². The average molecular weight is 461 g/mol. The molecule has 1 N–H and O–H groups in total. The van der Waals surface area contributed by atoms with E-state index in [4.69, 9.17) is 11.6 Å². The monoisotopic (exact) mass is 460 g/mol. The number of aryl methyl sites for hydroxylation is 1. The molecule has 3 aromatic rings. The first kappa shape index (κ1) is 21.7. The standard InChI is InChI=1S/C22H25ClN4O3S/c1-2-25-13-10-17-16-18(8-9-21(17)25)31(29,30)27-12-5-11-26(14-15-27)22(28)24-20-7-4-3-6-19(20)23/h3-4,6-10,13,16H,2,5,11-12,14-15H2,1H3,(H,24,28). The lowest BCUT2D eigenvalue weighted by molar-refractivity contribution is 0.214. The van der Waals surface area contributed by atoms with Gasteiger partial charge in [-0.05, 0) is 49.7 Å². The van der Waals surface area contributed by atoms with Gasteiger partial charge in [0.2, 0.25) is 10.0 Å². The van der Waals surface area contributed by atoms with Gasteiger partial charge in [0.25, 0.3) is 0 Å². The number of urea groups is 1. The van der Waals surface area contributed by atoms with Crippen molar-refractivity contribution in [2.45, 2.75) is 24.8 Å². The molecule has 0 atom stereocenters. The number of halogens is 1. The Balaban J connectivity index is 1.47. The normalized spacial score (nSPS) is 15.7. The van der Waals surface area contributed by atoms with Crippen molar-refractivity contribution in [2.24, 2.45) is 0 Å². The van der Waals surface area contributed by atoms with Crippen LogP contribution in [0.15, 0.2) is 59.6 Å². The molecule has 1 fully saturated rings. The second-order valence-electron chi connectivity index (χ2n) is 7.48. The van der Waals surface area contributed by atoms with E-state index in [2.05, 4.69) is 16.8 Å². The van der Waals surface area contributed by atoms with Crippen LogP contribution in [0.1, 0.15) is 13.3 Å². The Morgan fingerprint density at radius 1 is 1.06 bits per heavy atom. The molecule has 1 aliphatic rings. The number of benzene rings is 2. The van der Waals surface area contributed by atoms with E-state index in [1.165, 1.54) is 4.31 Å². The zero-order chi connectivity index (χ0) is 22.0. The maximum Gasteiger partial charge on any atom is 0.321 e. The van der Waals surface area contributed by atoms with Crippen molar-refractivity contribution in [3.05, 3.63) is 59.8 Å². The minimum Gasteiger partial charge on any atom is -0.348 e. The minimum absolute atomic E-state index is 0.242. The van der Waals surface area contributed by atoms with E-state index in [1.54, 1.807) is 41.3 Å². The minimum atomic E-state index is -3.64. The molecule has 0 radical (unpaired) electrons. The van der Waals surface area contributed by atoms with Crippen LogP contribution in [0.3, 0.4) is 0 Å². The molecule has 2 heterocycles. The summed E-state index contributed by atoms with van der Waals surface area (Å²) in [6, 6.07) is 13.9. The lowest BCUT2D eigenvalue weighted by Crippen LogP contribution is -2.39. The van der Waals surface area contributed by atoms with Gasteiger partial charge in [-0.3, -0.25) is 0 Å². The predicted molar refractivity (Wildman–Crippen MR) is 123 cm³/mol. The summed E-state index contributed by atoms with van der Waals surface area (Å²) in [5.41, 5.74) is 1.55. The number of rotatable bonds is 4. The van der Waals surface area contributed by atoms with E-state index in [-0.39, 0.29) is 17.5 Å². The third-order valence-electron chi connectivity index (χ3n) is 5.58. The Bertz CT molecular complexity index is 1210. The number of sulfonamides is 1. The van der Waals surface area contributed by atoms with Crippen molar-refractivity contribution in [1.29, 1.82) is 0 Å². The highest BCUT2D eigenvalue weighted by Crippen LogP contribution is 2.25. The van der Waals surface area contributed by atoms with Gasteiger partial charge in [-0.15, -0.1) is 0 Å². The number of fused-ring (bicyclic) bond motifs is 1. The quantitative estimate of drug-likeness (QED) is 0.632. The number of aromatic nitrogens is 1. The van der Waals surface area contributed by atoms with Crippen LogP contribution in [0, 0.1) is 0 Å². The van der Waals surface area contributed by atoms with Crippen molar-refractivity contribution >= 4 is 44.2 Å². The third kappa shape index (κ3) is 4.42. The van der Waals surface area contributed by atoms with E-state index in [1.807, 2.05) is 18.3 Å². The summed E-state index contributed by atoms with van der Waals surface area (Å²) >= 11 is 6.12. The predicted octanol–water partition coefficient (Wildman–Crippen LogP) is 4.24. The molecular formula is C22H25ClN4O3S. The third-order valence-corrected chi connectivity index (χ3v) is 7.80. The van der Waals surface area contributed by atoms with Gasteiger partial charge in [-0.2, -0.15) is 4.31 Å². The van der Waals surface area contributed by atoms with Crippen LogP contribution in [-0.4, -0.2) is 54.4 Å². The highest BCUT2D eigenvalue weighted by Gasteiger charge is 2.28. The molecule has 1 aliphatic heterocycles. The summed E-state index contributed by atoms with van der Waals surface area (Å²) in [5.74, 6) is 0. The van der Waals surface area contributed by atoms with Crippen LogP contribution in [0.5, 0.6) is 0 Å². The number of para-hydroxylation sites is 1. The summed E-state index contributed by atoms with van der Waals surface area (Å²) in [4.78, 5) is 14.6. The van der Waals surface area contributed by atoms with Crippen molar-refractivity contribution in [3.8, 4) is 0 Å². The van der Waals surface area contributed by atoms with Gasteiger partial charge in [0, 0.05) is 49.8 Å². The lowest BCUT2D eigenvalue weighted by atomic mass is 10.2. The van der Waals surface area contributed by atoms with Crippen LogP contribution in [0.25, 0.3) is 10.9 Å². The van der Waals surface area contributed by atoms with Gasteiger partial charge in [0.15, 0.2) is 0 Å². The van der Waals surface area contributed by atoms with Gasteiger partial charge in [-0.1, -0.05) is 23.7 Å². The first-order valence-electron chi connectivity index (χ1n) is 10.3. The van der Waals surface area contributed by atoms with E-state index in [0.29, 0.717) is 36.8 Å². The number of hydrogen-bond acceptors (Lipinski definition) is 3. The molecule has 0 saturated carbocycles. The van der Waals surface area contributed by atoms with Crippen molar-refractivity contribution in [1.82, 2.24) is 13.8 Å². The number of nitrogens with zero attached hydrogens (tertiary/aromatic N) is 3. The van der Waals surface area contributed by atoms with Gasteiger partial charge in [0.05, 0.1) is 15.6 Å². The molecule has 2 aromatic carbocycles. The summed E-state index contributed by atoms with van der Waals surface area (Å²) in [5, 5.41) is 4.17. The first-order valence-corrected chi connectivity index (χ1v) is 12.1. The van der Waals surface area contributed by atoms with Crippen molar-refractivity contribution in [2.75, 3.05) is 31.5 Å². The summed E-state index contributed by atoms with van der Waals surface area (Å²) < 4.78 is 30.1. The molecule has 31 heavy (non-hydrogen) atoms. The lowest BCUT2D eigenvalue weighted by Gasteiger charge is -2.22. The van der Waals surface area contributed by atoms with Crippen molar-refractivity contribution in [3.63, 3.8) is 0 Å². The fourth-order valence-electron chi connectivity index (χ4n) is 3.86. The zero-order valence-corrected chi connectivity index (χ0v) is 18.9. The molecular weight excluding hydrogens is 436 g/mol. The van der Waals surface area contributed by atoms with Crippen LogP contribution in [0.2, 0.25) is 5.02 Å². The number of carbonyl (C=O) groups is 1. The van der Waals surface area contributed by atoms with Crippen LogP contribution in [0.4, 0.5) is 10.5 Å².